The fourth-order valence-corrected chi connectivity index (χ4v) is 4.51. The Labute approximate surface area is 159 Å². The van der Waals surface area contributed by atoms with Crippen molar-refractivity contribution in [2.75, 3.05) is 13.1 Å². The number of aromatic nitrogens is 1. The van der Waals surface area contributed by atoms with E-state index in [4.69, 9.17) is 4.74 Å². The topological polar surface area (TPSA) is 74.4 Å². The van der Waals surface area contributed by atoms with Crippen molar-refractivity contribution >= 4 is 22.9 Å². The van der Waals surface area contributed by atoms with Crippen molar-refractivity contribution in [3.05, 3.63) is 36.0 Å². The lowest BCUT2D eigenvalue weighted by Gasteiger charge is -2.33. The van der Waals surface area contributed by atoms with Gasteiger partial charge in [-0.25, -0.2) is 4.79 Å². The molecule has 2 aliphatic heterocycles. The number of H-pyrrole nitrogens is 1. The third-order valence-electron chi connectivity index (χ3n) is 5.60. The maximum atomic E-state index is 12.7. The molecule has 2 amide bonds. The van der Waals surface area contributed by atoms with Gasteiger partial charge in [-0.2, -0.15) is 0 Å². The quantitative estimate of drug-likeness (QED) is 0.852. The van der Waals surface area contributed by atoms with Crippen LogP contribution < -0.4 is 5.32 Å². The molecule has 0 radical (unpaired) electrons. The van der Waals surface area contributed by atoms with Crippen molar-refractivity contribution in [3.8, 4) is 0 Å². The molecule has 2 N–H and O–H groups in total. The molecule has 0 saturated carbocycles. The molecule has 2 aromatic rings. The molecule has 0 spiro atoms. The van der Waals surface area contributed by atoms with Crippen LogP contribution >= 0.6 is 0 Å². The monoisotopic (exact) mass is 369 g/mol. The molecule has 1 aromatic heterocycles. The molecule has 2 aliphatic rings. The minimum Gasteiger partial charge on any atom is -0.444 e. The summed E-state index contributed by atoms with van der Waals surface area (Å²) in [6.45, 7) is 6.92. The predicted molar refractivity (Wildman–Crippen MR) is 104 cm³/mol. The van der Waals surface area contributed by atoms with Gasteiger partial charge in [0.25, 0.3) is 0 Å². The van der Waals surface area contributed by atoms with Gasteiger partial charge >= 0.3 is 6.09 Å². The van der Waals surface area contributed by atoms with Crippen LogP contribution in [-0.4, -0.2) is 46.6 Å². The van der Waals surface area contributed by atoms with Crippen LogP contribution in [0.1, 0.15) is 45.1 Å². The van der Waals surface area contributed by atoms with Gasteiger partial charge in [0.05, 0.1) is 5.92 Å². The van der Waals surface area contributed by atoms with Gasteiger partial charge in [-0.05, 0) is 45.2 Å². The standard InChI is InChI=1S/C21H27N3O3/c1-21(2,3)27-20(26)24-10-6-9-17(24)15-12-23-19(25)18(15)14-11-22-16-8-5-4-7-13(14)16/h4-5,7-8,11,15,17-18,22H,6,9-10,12H2,1-3H3,(H,23,25)/t15-,17+,18+/m1/s1. The maximum absolute atomic E-state index is 12.7. The molecule has 144 valence electrons. The summed E-state index contributed by atoms with van der Waals surface area (Å²) in [7, 11) is 0. The molecule has 0 aliphatic carbocycles. The average molecular weight is 369 g/mol. The first kappa shape index (κ1) is 17.9. The van der Waals surface area contributed by atoms with Crippen LogP contribution in [0.25, 0.3) is 10.9 Å². The Bertz CT molecular complexity index is 867. The predicted octanol–water partition coefficient (Wildman–Crippen LogP) is 3.40. The van der Waals surface area contributed by atoms with Crippen molar-refractivity contribution in [2.24, 2.45) is 5.92 Å². The van der Waals surface area contributed by atoms with Crippen molar-refractivity contribution < 1.29 is 14.3 Å². The fourth-order valence-electron chi connectivity index (χ4n) is 4.51. The average Bonchev–Trinajstić information content (AvgIpc) is 3.30. The number of hydrogen-bond acceptors (Lipinski definition) is 3. The lowest BCUT2D eigenvalue weighted by atomic mass is 9.82. The van der Waals surface area contributed by atoms with E-state index in [1.54, 1.807) is 0 Å². The van der Waals surface area contributed by atoms with Gasteiger partial charge in [-0.15, -0.1) is 0 Å². The summed E-state index contributed by atoms with van der Waals surface area (Å²) in [4.78, 5) is 30.5. The van der Waals surface area contributed by atoms with Crippen LogP contribution in [-0.2, 0) is 9.53 Å². The van der Waals surface area contributed by atoms with Crippen LogP contribution in [0, 0.1) is 5.92 Å². The second-order valence-electron chi connectivity index (χ2n) is 8.56. The van der Waals surface area contributed by atoms with E-state index in [2.05, 4.69) is 10.3 Å². The Hall–Kier alpha value is -2.50. The molecule has 3 atom stereocenters. The Kier molecular flexibility index (Phi) is 4.36. The van der Waals surface area contributed by atoms with Gasteiger partial charge < -0.3 is 19.9 Å². The Balaban J connectivity index is 1.64. The second-order valence-corrected chi connectivity index (χ2v) is 8.56. The van der Waals surface area contributed by atoms with Crippen LogP contribution in [0.15, 0.2) is 30.5 Å². The Morgan fingerprint density at radius 3 is 2.81 bits per heavy atom. The highest BCUT2D eigenvalue weighted by Crippen LogP contribution is 2.40. The number of fused-ring (bicyclic) bond motifs is 1. The van der Waals surface area contributed by atoms with Crippen molar-refractivity contribution in [3.63, 3.8) is 0 Å². The third-order valence-corrected chi connectivity index (χ3v) is 5.60. The van der Waals surface area contributed by atoms with E-state index < -0.39 is 5.60 Å². The highest BCUT2D eigenvalue weighted by atomic mass is 16.6. The Morgan fingerprint density at radius 2 is 2.04 bits per heavy atom. The number of ether oxygens (including phenoxy) is 1. The second kappa shape index (κ2) is 6.59. The van der Waals surface area contributed by atoms with E-state index in [-0.39, 0.29) is 29.9 Å². The number of nitrogens with zero attached hydrogens (tertiary/aromatic N) is 1. The minimum absolute atomic E-state index is 0.0115. The van der Waals surface area contributed by atoms with Gasteiger partial charge in [0.2, 0.25) is 5.91 Å². The molecule has 2 fully saturated rings. The largest absolute Gasteiger partial charge is 0.444 e. The smallest absolute Gasteiger partial charge is 0.410 e. The number of carbonyl (C=O) groups excluding carboxylic acids is 2. The van der Waals surface area contributed by atoms with Crippen LogP contribution in [0.2, 0.25) is 0 Å². The van der Waals surface area contributed by atoms with Gasteiger partial charge in [0.15, 0.2) is 0 Å². The number of benzene rings is 1. The summed E-state index contributed by atoms with van der Waals surface area (Å²) < 4.78 is 5.61. The summed E-state index contributed by atoms with van der Waals surface area (Å²) in [5.41, 5.74) is 1.52. The minimum atomic E-state index is -0.524. The lowest BCUT2D eigenvalue weighted by Crippen LogP contribution is -2.44. The first-order valence-corrected chi connectivity index (χ1v) is 9.68. The number of aromatic amines is 1. The summed E-state index contributed by atoms with van der Waals surface area (Å²) in [5, 5.41) is 4.10. The number of carbonyl (C=O) groups is 2. The van der Waals surface area contributed by atoms with E-state index in [1.807, 2.05) is 56.1 Å². The molecular formula is C21H27N3O3. The molecule has 6 heteroatoms. The summed E-state index contributed by atoms with van der Waals surface area (Å²) in [6.07, 6.45) is 3.51. The number of para-hydroxylation sites is 1. The summed E-state index contributed by atoms with van der Waals surface area (Å²) in [6, 6.07) is 8.05. The molecular weight excluding hydrogens is 342 g/mol. The maximum Gasteiger partial charge on any atom is 0.410 e. The third kappa shape index (κ3) is 3.29. The van der Waals surface area contributed by atoms with Crippen LogP contribution in [0.4, 0.5) is 4.79 Å². The molecule has 4 rings (SSSR count). The molecule has 27 heavy (non-hydrogen) atoms. The number of nitrogens with one attached hydrogen (secondary N) is 2. The highest BCUT2D eigenvalue weighted by molar-refractivity contribution is 5.93. The Morgan fingerprint density at radius 1 is 1.26 bits per heavy atom. The molecule has 3 heterocycles. The fraction of sp³-hybridized carbons (Fsp3) is 0.524. The normalized spacial score (nSPS) is 25.8. The molecule has 6 nitrogen and oxygen atoms in total. The molecule has 2 saturated heterocycles. The van der Waals surface area contributed by atoms with Crippen molar-refractivity contribution in [1.29, 1.82) is 0 Å². The van der Waals surface area contributed by atoms with E-state index in [0.29, 0.717) is 13.1 Å². The first-order chi connectivity index (χ1) is 12.8. The van der Waals surface area contributed by atoms with E-state index in [1.165, 1.54) is 0 Å². The molecule has 0 unspecified atom stereocenters. The van der Waals surface area contributed by atoms with Gasteiger partial charge in [-0.3, -0.25) is 4.79 Å². The van der Waals surface area contributed by atoms with E-state index >= 15 is 0 Å². The zero-order valence-electron chi connectivity index (χ0n) is 16.1. The van der Waals surface area contributed by atoms with E-state index in [9.17, 15) is 9.59 Å². The number of rotatable bonds is 2. The van der Waals surface area contributed by atoms with Crippen LogP contribution in [0.3, 0.4) is 0 Å². The molecule has 0 bridgehead atoms. The molecule has 1 aromatic carbocycles. The van der Waals surface area contributed by atoms with Gasteiger partial charge in [0, 0.05) is 42.1 Å². The number of amides is 2. The van der Waals surface area contributed by atoms with Crippen molar-refractivity contribution in [1.82, 2.24) is 15.2 Å². The number of hydrogen-bond donors (Lipinski definition) is 2. The van der Waals surface area contributed by atoms with E-state index in [0.717, 1.165) is 29.3 Å². The van der Waals surface area contributed by atoms with Crippen LogP contribution in [0.5, 0.6) is 0 Å². The zero-order valence-corrected chi connectivity index (χ0v) is 16.1. The lowest BCUT2D eigenvalue weighted by molar-refractivity contribution is -0.120. The number of likely N-dealkylation sites (tertiary alicyclic amines) is 1. The SMILES string of the molecule is CC(C)(C)OC(=O)N1CCC[C@H]1[C@H]1CNC(=O)[C@H]1c1c[nH]c2ccccc12. The van der Waals surface area contributed by atoms with Crippen molar-refractivity contribution in [2.45, 2.75) is 51.2 Å². The first-order valence-electron chi connectivity index (χ1n) is 9.68. The zero-order chi connectivity index (χ0) is 19.2. The van der Waals surface area contributed by atoms with Gasteiger partial charge in [0.1, 0.15) is 5.60 Å². The summed E-state index contributed by atoms with van der Waals surface area (Å²) >= 11 is 0. The summed E-state index contributed by atoms with van der Waals surface area (Å²) in [5.74, 6) is -0.165. The highest BCUT2D eigenvalue weighted by Gasteiger charge is 2.46. The van der Waals surface area contributed by atoms with Gasteiger partial charge in [-0.1, -0.05) is 18.2 Å².